The molecule has 0 aliphatic heterocycles. The Kier molecular flexibility index (Phi) is 4.51. The maximum absolute atomic E-state index is 11.9. The summed E-state index contributed by atoms with van der Waals surface area (Å²) in [6, 6.07) is 0. The SMILES string of the molecule is CCc1nn(C)c(C(=O)OC(C)COC)c1N. The Morgan fingerprint density at radius 2 is 2.24 bits per heavy atom. The predicted molar refractivity (Wildman–Crippen MR) is 63.8 cm³/mol. The lowest BCUT2D eigenvalue weighted by atomic mass is 10.2. The smallest absolute Gasteiger partial charge is 0.359 e. The molecule has 1 rings (SSSR count). The highest BCUT2D eigenvalue weighted by atomic mass is 16.6. The summed E-state index contributed by atoms with van der Waals surface area (Å²) in [5, 5.41) is 4.16. The van der Waals surface area contributed by atoms with E-state index in [1.165, 1.54) is 4.68 Å². The molecule has 1 heterocycles. The number of hydrogen-bond acceptors (Lipinski definition) is 5. The molecule has 0 saturated carbocycles. The fourth-order valence-corrected chi connectivity index (χ4v) is 1.61. The van der Waals surface area contributed by atoms with Gasteiger partial charge in [0.15, 0.2) is 5.69 Å². The molecule has 1 atom stereocenters. The maximum Gasteiger partial charge on any atom is 0.359 e. The minimum atomic E-state index is -0.471. The van der Waals surface area contributed by atoms with Crippen LogP contribution in [0.1, 0.15) is 30.0 Å². The first-order valence-corrected chi connectivity index (χ1v) is 5.52. The van der Waals surface area contributed by atoms with E-state index in [4.69, 9.17) is 15.2 Å². The number of nitrogens with two attached hydrogens (primary N) is 1. The summed E-state index contributed by atoms with van der Waals surface area (Å²) in [5.74, 6) is -0.471. The van der Waals surface area contributed by atoms with E-state index in [9.17, 15) is 4.79 Å². The molecule has 0 aromatic carbocycles. The summed E-state index contributed by atoms with van der Waals surface area (Å²) in [7, 11) is 3.23. The molecule has 6 heteroatoms. The average molecular weight is 241 g/mol. The van der Waals surface area contributed by atoms with Crippen molar-refractivity contribution >= 4 is 11.7 Å². The Bertz CT molecular complexity index is 401. The van der Waals surface area contributed by atoms with Crippen LogP contribution in [0.3, 0.4) is 0 Å². The van der Waals surface area contributed by atoms with E-state index in [1.807, 2.05) is 6.92 Å². The standard InChI is InChI=1S/C11H19N3O3/c1-5-8-9(12)10(14(3)13-8)11(15)17-7(2)6-16-4/h7H,5-6,12H2,1-4H3. The second-order valence-corrected chi connectivity index (χ2v) is 3.86. The van der Waals surface area contributed by atoms with Gasteiger partial charge in [0.25, 0.3) is 0 Å². The molecule has 17 heavy (non-hydrogen) atoms. The van der Waals surface area contributed by atoms with Crippen molar-refractivity contribution < 1.29 is 14.3 Å². The van der Waals surface area contributed by atoms with Crippen molar-refractivity contribution in [1.82, 2.24) is 9.78 Å². The van der Waals surface area contributed by atoms with Crippen LogP contribution in [0, 0.1) is 0 Å². The molecule has 0 amide bonds. The van der Waals surface area contributed by atoms with Crippen molar-refractivity contribution in [3.05, 3.63) is 11.4 Å². The van der Waals surface area contributed by atoms with Gasteiger partial charge >= 0.3 is 5.97 Å². The number of methoxy groups -OCH3 is 1. The van der Waals surface area contributed by atoms with Gasteiger partial charge < -0.3 is 15.2 Å². The van der Waals surface area contributed by atoms with Gasteiger partial charge in [-0.15, -0.1) is 0 Å². The lowest BCUT2D eigenvalue weighted by Gasteiger charge is -2.12. The molecule has 0 radical (unpaired) electrons. The van der Waals surface area contributed by atoms with E-state index in [2.05, 4.69) is 5.10 Å². The van der Waals surface area contributed by atoms with Crippen molar-refractivity contribution in [2.45, 2.75) is 26.4 Å². The molecular formula is C11H19N3O3. The Hall–Kier alpha value is -1.56. The van der Waals surface area contributed by atoms with Crippen LogP contribution in [0.4, 0.5) is 5.69 Å². The van der Waals surface area contributed by atoms with Crippen LogP contribution >= 0.6 is 0 Å². The van der Waals surface area contributed by atoms with Crippen LogP contribution in [-0.2, 0) is 22.9 Å². The summed E-state index contributed by atoms with van der Waals surface area (Å²) in [6.45, 7) is 4.04. The van der Waals surface area contributed by atoms with Gasteiger partial charge in [-0.1, -0.05) is 6.92 Å². The third-order valence-corrected chi connectivity index (χ3v) is 2.40. The molecule has 1 aromatic rings. The predicted octanol–water partition coefficient (Wildman–Crippen LogP) is 0.756. The molecular weight excluding hydrogens is 222 g/mol. The number of anilines is 1. The van der Waals surface area contributed by atoms with Crippen molar-refractivity contribution in [3.8, 4) is 0 Å². The number of esters is 1. The lowest BCUT2D eigenvalue weighted by Crippen LogP contribution is -2.22. The van der Waals surface area contributed by atoms with E-state index in [1.54, 1.807) is 21.1 Å². The molecule has 0 saturated heterocycles. The number of carbonyl (C=O) groups excluding carboxylic acids is 1. The van der Waals surface area contributed by atoms with Gasteiger partial charge in [0.1, 0.15) is 6.10 Å². The third-order valence-electron chi connectivity index (χ3n) is 2.40. The summed E-state index contributed by atoms with van der Waals surface area (Å²) in [6.07, 6.45) is 0.368. The zero-order valence-electron chi connectivity index (χ0n) is 10.7. The minimum absolute atomic E-state index is 0.296. The summed E-state index contributed by atoms with van der Waals surface area (Å²) in [5.41, 5.74) is 7.25. The Morgan fingerprint density at radius 1 is 1.59 bits per heavy atom. The van der Waals surface area contributed by atoms with Crippen LogP contribution in [-0.4, -0.2) is 35.6 Å². The van der Waals surface area contributed by atoms with Crippen LogP contribution in [0.25, 0.3) is 0 Å². The quantitative estimate of drug-likeness (QED) is 0.770. The second-order valence-electron chi connectivity index (χ2n) is 3.86. The van der Waals surface area contributed by atoms with Crippen molar-refractivity contribution in [3.63, 3.8) is 0 Å². The average Bonchev–Trinajstić information content (AvgIpc) is 2.53. The van der Waals surface area contributed by atoms with Crippen LogP contribution in [0.5, 0.6) is 0 Å². The van der Waals surface area contributed by atoms with Gasteiger partial charge in [0.05, 0.1) is 18.0 Å². The number of nitrogens with zero attached hydrogens (tertiary/aromatic N) is 2. The van der Waals surface area contributed by atoms with E-state index >= 15 is 0 Å². The van der Waals surface area contributed by atoms with Crippen LogP contribution in [0.2, 0.25) is 0 Å². The maximum atomic E-state index is 11.9. The van der Waals surface area contributed by atoms with Gasteiger partial charge in [0.2, 0.25) is 0 Å². The molecule has 0 aliphatic carbocycles. The number of carbonyl (C=O) groups is 1. The second kappa shape index (κ2) is 5.67. The molecule has 2 N–H and O–H groups in total. The number of rotatable bonds is 5. The normalized spacial score (nSPS) is 12.5. The first kappa shape index (κ1) is 13.5. The van der Waals surface area contributed by atoms with Gasteiger partial charge in [-0.05, 0) is 13.3 Å². The Morgan fingerprint density at radius 3 is 2.71 bits per heavy atom. The van der Waals surface area contributed by atoms with E-state index < -0.39 is 5.97 Å². The highest BCUT2D eigenvalue weighted by Gasteiger charge is 2.22. The van der Waals surface area contributed by atoms with Gasteiger partial charge in [-0.3, -0.25) is 4.68 Å². The third kappa shape index (κ3) is 2.97. The number of aryl methyl sites for hydroxylation is 2. The first-order valence-electron chi connectivity index (χ1n) is 5.52. The molecule has 6 nitrogen and oxygen atoms in total. The number of ether oxygens (including phenoxy) is 2. The minimum Gasteiger partial charge on any atom is -0.455 e. The van der Waals surface area contributed by atoms with Gasteiger partial charge in [-0.2, -0.15) is 5.10 Å². The van der Waals surface area contributed by atoms with E-state index in [0.29, 0.717) is 30.1 Å². The zero-order valence-corrected chi connectivity index (χ0v) is 10.7. The molecule has 0 spiro atoms. The summed E-state index contributed by atoms with van der Waals surface area (Å²) < 4.78 is 11.5. The fraction of sp³-hybridized carbons (Fsp3) is 0.636. The lowest BCUT2D eigenvalue weighted by molar-refractivity contribution is 0.0111. The summed E-state index contributed by atoms with van der Waals surface area (Å²) >= 11 is 0. The Balaban J connectivity index is 2.85. The molecule has 0 aliphatic rings. The molecule has 0 fully saturated rings. The van der Waals surface area contributed by atoms with Crippen LogP contribution in [0.15, 0.2) is 0 Å². The van der Waals surface area contributed by atoms with Crippen molar-refractivity contribution in [2.75, 3.05) is 19.5 Å². The van der Waals surface area contributed by atoms with Crippen molar-refractivity contribution in [1.29, 1.82) is 0 Å². The number of aromatic nitrogens is 2. The van der Waals surface area contributed by atoms with Crippen molar-refractivity contribution in [2.24, 2.45) is 7.05 Å². The molecule has 1 unspecified atom stereocenters. The van der Waals surface area contributed by atoms with Gasteiger partial charge in [-0.25, -0.2) is 4.79 Å². The highest BCUT2D eigenvalue weighted by molar-refractivity contribution is 5.93. The topological polar surface area (TPSA) is 79.4 Å². The molecule has 96 valence electrons. The number of hydrogen-bond donors (Lipinski definition) is 1. The molecule has 0 bridgehead atoms. The van der Waals surface area contributed by atoms with Gasteiger partial charge in [0, 0.05) is 14.2 Å². The largest absolute Gasteiger partial charge is 0.455 e. The Labute approximate surface area is 101 Å². The fourth-order valence-electron chi connectivity index (χ4n) is 1.61. The first-order chi connectivity index (χ1) is 8.01. The monoisotopic (exact) mass is 241 g/mol. The number of nitrogen functional groups attached to an aromatic ring is 1. The zero-order chi connectivity index (χ0) is 13.0. The van der Waals surface area contributed by atoms with E-state index in [-0.39, 0.29) is 6.10 Å². The van der Waals surface area contributed by atoms with Crippen LogP contribution < -0.4 is 5.73 Å². The highest BCUT2D eigenvalue weighted by Crippen LogP contribution is 2.18. The van der Waals surface area contributed by atoms with E-state index in [0.717, 1.165) is 0 Å². The summed E-state index contributed by atoms with van der Waals surface area (Å²) in [4.78, 5) is 11.9. The molecule has 1 aromatic heterocycles.